The van der Waals surface area contributed by atoms with Crippen LogP contribution < -0.4 is 4.74 Å². The Kier molecular flexibility index (Phi) is 3.99. The summed E-state index contributed by atoms with van der Waals surface area (Å²) in [6.07, 6.45) is -0.849. The lowest BCUT2D eigenvalue weighted by Gasteiger charge is -2.12. The molecule has 1 atom stereocenters. The van der Waals surface area contributed by atoms with Gasteiger partial charge in [-0.3, -0.25) is 0 Å². The lowest BCUT2D eigenvalue weighted by molar-refractivity contribution is 0.219. The first kappa shape index (κ1) is 13.1. The Morgan fingerprint density at radius 3 is 2.28 bits per heavy atom. The summed E-state index contributed by atoms with van der Waals surface area (Å²) >= 11 is 3.32. The molecule has 0 heterocycles. The van der Waals surface area contributed by atoms with Crippen LogP contribution in [0.1, 0.15) is 17.2 Å². The normalized spacial score (nSPS) is 12.2. The van der Waals surface area contributed by atoms with E-state index in [1.165, 1.54) is 19.2 Å². The molecule has 0 aliphatic rings. The SMILES string of the molecule is COc1ccc(C(O)c2ccc(Br)cc2)cc1F. The summed E-state index contributed by atoms with van der Waals surface area (Å²) in [6.45, 7) is 0. The van der Waals surface area contributed by atoms with Crippen molar-refractivity contribution in [2.75, 3.05) is 7.11 Å². The maximum absolute atomic E-state index is 13.5. The number of halogens is 2. The standard InChI is InChI=1S/C14H12BrFO2/c1-18-13-7-4-10(8-12(13)16)14(17)9-2-5-11(15)6-3-9/h2-8,14,17H,1H3. The Labute approximate surface area is 113 Å². The van der Waals surface area contributed by atoms with Gasteiger partial charge in [0, 0.05) is 4.47 Å². The monoisotopic (exact) mass is 310 g/mol. The van der Waals surface area contributed by atoms with Gasteiger partial charge in [0.25, 0.3) is 0 Å². The molecule has 0 aliphatic heterocycles. The van der Waals surface area contributed by atoms with E-state index in [-0.39, 0.29) is 5.75 Å². The zero-order valence-corrected chi connectivity index (χ0v) is 11.3. The molecule has 0 saturated carbocycles. The summed E-state index contributed by atoms with van der Waals surface area (Å²) in [7, 11) is 1.41. The molecule has 4 heteroatoms. The molecule has 0 spiro atoms. The topological polar surface area (TPSA) is 29.5 Å². The number of aliphatic hydroxyl groups is 1. The molecule has 0 fully saturated rings. The second-order valence-electron chi connectivity index (χ2n) is 3.85. The third kappa shape index (κ3) is 2.71. The van der Waals surface area contributed by atoms with E-state index in [0.29, 0.717) is 11.1 Å². The van der Waals surface area contributed by atoms with Crippen LogP contribution in [0, 0.1) is 5.82 Å². The summed E-state index contributed by atoms with van der Waals surface area (Å²) in [5, 5.41) is 10.1. The van der Waals surface area contributed by atoms with Crippen LogP contribution in [0.5, 0.6) is 5.75 Å². The summed E-state index contributed by atoms with van der Waals surface area (Å²) in [5.41, 5.74) is 1.21. The minimum atomic E-state index is -0.849. The third-order valence-electron chi connectivity index (χ3n) is 2.68. The molecule has 0 radical (unpaired) electrons. The second-order valence-corrected chi connectivity index (χ2v) is 4.76. The van der Waals surface area contributed by atoms with Gasteiger partial charge in [-0.05, 0) is 35.4 Å². The average molecular weight is 311 g/mol. The first-order valence-electron chi connectivity index (χ1n) is 5.39. The van der Waals surface area contributed by atoms with Crippen LogP contribution in [0.2, 0.25) is 0 Å². The first-order valence-corrected chi connectivity index (χ1v) is 6.18. The van der Waals surface area contributed by atoms with Crippen molar-refractivity contribution >= 4 is 15.9 Å². The highest BCUT2D eigenvalue weighted by molar-refractivity contribution is 9.10. The van der Waals surface area contributed by atoms with E-state index in [1.807, 2.05) is 12.1 Å². The van der Waals surface area contributed by atoms with Gasteiger partial charge in [-0.1, -0.05) is 34.1 Å². The van der Waals surface area contributed by atoms with Crippen LogP contribution in [0.4, 0.5) is 4.39 Å². The van der Waals surface area contributed by atoms with Crippen LogP contribution in [0.25, 0.3) is 0 Å². The maximum Gasteiger partial charge on any atom is 0.165 e. The molecule has 0 aliphatic carbocycles. The minimum Gasteiger partial charge on any atom is -0.494 e. The largest absolute Gasteiger partial charge is 0.494 e. The van der Waals surface area contributed by atoms with Crippen LogP contribution in [-0.2, 0) is 0 Å². The molecule has 2 aromatic rings. The Morgan fingerprint density at radius 1 is 1.11 bits per heavy atom. The van der Waals surface area contributed by atoms with Gasteiger partial charge in [0.05, 0.1) is 7.11 Å². The highest BCUT2D eigenvalue weighted by Gasteiger charge is 2.13. The maximum atomic E-state index is 13.5. The highest BCUT2D eigenvalue weighted by Crippen LogP contribution is 2.27. The smallest absolute Gasteiger partial charge is 0.165 e. The van der Waals surface area contributed by atoms with Gasteiger partial charge >= 0.3 is 0 Å². The lowest BCUT2D eigenvalue weighted by atomic mass is 10.0. The third-order valence-corrected chi connectivity index (χ3v) is 3.21. The van der Waals surface area contributed by atoms with Gasteiger partial charge < -0.3 is 9.84 Å². The van der Waals surface area contributed by atoms with Gasteiger partial charge in [0.2, 0.25) is 0 Å². The van der Waals surface area contributed by atoms with Crippen molar-refractivity contribution in [2.24, 2.45) is 0 Å². The molecular weight excluding hydrogens is 299 g/mol. The van der Waals surface area contributed by atoms with Crippen LogP contribution in [0.3, 0.4) is 0 Å². The van der Waals surface area contributed by atoms with Gasteiger partial charge in [0.1, 0.15) is 6.10 Å². The molecule has 1 N–H and O–H groups in total. The zero-order chi connectivity index (χ0) is 13.1. The summed E-state index contributed by atoms with van der Waals surface area (Å²) < 4.78 is 19.3. The van der Waals surface area contributed by atoms with E-state index < -0.39 is 11.9 Å². The Hall–Kier alpha value is -1.39. The minimum absolute atomic E-state index is 0.168. The number of benzene rings is 2. The Balaban J connectivity index is 2.31. The van der Waals surface area contributed by atoms with Crippen LogP contribution in [-0.4, -0.2) is 12.2 Å². The molecular formula is C14H12BrFO2. The fourth-order valence-corrected chi connectivity index (χ4v) is 1.95. The Morgan fingerprint density at radius 2 is 1.72 bits per heavy atom. The molecule has 2 nitrogen and oxygen atoms in total. The molecule has 0 bridgehead atoms. The molecule has 2 rings (SSSR count). The number of aliphatic hydroxyl groups excluding tert-OH is 1. The van der Waals surface area contributed by atoms with E-state index in [9.17, 15) is 9.50 Å². The number of rotatable bonds is 3. The summed E-state index contributed by atoms with van der Waals surface area (Å²) in [5.74, 6) is -0.312. The predicted octanol–water partition coefficient (Wildman–Crippen LogP) is 3.68. The molecule has 2 aromatic carbocycles. The zero-order valence-electron chi connectivity index (χ0n) is 9.73. The van der Waals surface area contributed by atoms with Gasteiger partial charge in [-0.15, -0.1) is 0 Å². The molecule has 94 valence electrons. The fourth-order valence-electron chi connectivity index (χ4n) is 1.69. The quantitative estimate of drug-likeness (QED) is 0.937. The molecule has 0 amide bonds. The van der Waals surface area contributed by atoms with E-state index in [1.54, 1.807) is 18.2 Å². The molecule has 18 heavy (non-hydrogen) atoms. The van der Waals surface area contributed by atoms with Crippen LogP contribution >= 0.6 is 15.9 Å². The van der Waals surface area contributed by atoms with Crippen molar-refractivity contribution < 1.29 is 14.2 Å². The number of ether oxygens (including phenoxy) is 1. The van der Waals surface area contributed by atoms with Crippen molar-refractivity contribution in [3.05, 3.63) is 63.9 Å². The van der Waals surface area contributed by atoms with E-state index >= 15 is 0 Å². The first-order chi connectivity index (χ1) is 8.61. The van der Waals surface area contributed by atoms with Crippen molar-refractivity contribution in [1.82, 2.24) is 0 Å². The van der Waals surface area contributed by atoms with E-state index in [0.717, 1.165) is 4.47 Å². The average Bonchev–Trinajstić information content (AvgIpc) is 2.38. The van der Waals surface area contributed by atoms with Gasteiger partial charge in [-0.25, -0.2) is 4.39 Å². The van der Waals surface area contributed by atoms with Crippen molar-refractivity contribution in [1.29, 1.82) is 0 Å². The van der Waals surface area contributed by atoms with Gasteiger partial charge in [-0.2, -0.15) is 0 Å². The lowest BCUT2D eigenvalue weighted by Crippen LogP contribution is -2.00. The Bertz CT molecular complexity index is 540. The van der Waals surface area contributed by atoms with E-state index in [4.69, 9.17) is 4.74 Å². The van der Waals surface area contributed by atoms with Crippen molar-refractivity contribution in [3.8, 4) is 5.75 Å². The fraction of sp³-hybridized carbons (Fsp3) is 0.143. The summed E-state index contributed by atoms with van der Waals surface area (Å²) in [4.78, 5) is 0. The number of methoxy groups -OCH3 is 1. The number of hydrogen-bond donors (Lipinski definition) is 1. The molecule has 1 unspecified atom stereocenters. The summed E-state index contributed by atoms with van der Waals surface area (Å²) in [6, 6.07) is 11.7. The van der Waals surface area contributed by atoms with Crippen molar-refractivity contribution in [2.45, 2.75) is 6.10 Å². The highest BCUT2D eigenvalue weighted by atomic mass is 79.9. The molecule has 0 aromatic heterocycles. The van der Waals surface area contributed by atoms with Crippen molar-refractivity contribution in [3.63, 3.8) is 0 Å². The second kappa shape index (κ2) is 5.50. The van der Waals surface area contributed by atoms with E-state index in [2.05, 4.69) is 15.9 Å². The predicted molar refractivity (Wildman–Crippen MR) is 71.2 cm³/mol. The number of hydrogen-bond acceptors (Lipinski definition) is 2. The van der Waals surface area contributed by atoms with Gasteiger partial charge in [0.15, 0.2) is 11.6 Å². The van der Waals surface area contributed by atoms with Crippen LogP contribution in [0.15, 0.2) is 46.9 Å². The molecule has 0 saturated heterocycles.